The van der Waals surface area contributed by atoms with Gasteiger partial charge >= 0.3 is 0 Å². The Balaban J connectivity index is 1.55. The second-order valence-electron chi connectivity index (χ2n) is 7.77. The van der Waals surface area contributed by atoms with Crippen molar-refractivity contribution in [1.29, 1.82) is 5.41 Å². The molecule has 0 unspecified atom stereocenters. The minimum absolute atomic E-state index is 0.132. The molecule has 2 aromatic carbocycles. The third-order valence-corrected chi connectivity index (χ3v) is 7.58. The lowest BCUT2D eigenvalue weighted by Crippen LogP contribution is -2.11. The summed E-state index contributed by atoms with van der Waals surface area (Å²) in [6.07, 6.45) is 2.53. The molecule has 188 valence electrons. The highest BCUT2D eigenvalue weighted by Crippen LogP contribution is 2.42. The van der Waals surface area contributed by atoms with Gasteiger partial charge in [0.2, 0.25) is 0 Å². The molecular weight excluding hydrogens is 498 g/mol. The van der Waals surface area contributed by atoms with E-state index in [9.17, 15) is 4.79 Å². The molecule has 36 heavy (non-hydrogen) atoms. The molecule has 8 nitrogen and oxygen atoms in total. The van der Waals surface area contributed by atoms with Crippen molar-refractivity contribution in [3.8, 4) is 23.0 Å². The molecule has 0 bridgehead atoms. The summed E-state index contributed by atoms with van der Waals surface area (Å²) >= 11 is 2.55. The zero-order valence-corrected chi connectivity index (χ0v) is 22.1. The van der Waals surface area contributed by atoms with Crippen LogP contribution in [0.2, 0.25) is 0 Å². The highest BCUT2D eigenvalue weighted by atomic mass is 32.2. The zero-order chi connectivity index (χ0) is 25.7. The number of thioether (sulfide) groups is 1. The van der Waals surface area contributed by atoms with E-state index in [4.69, 9.17) is 24.4 Å². The average molecular weight is 526 g/mol. The Morgan fingerprint density at radius 2 is 1.81 bits per heavy atom. The number of hydrogen-bond acceptors (Lipinski definition) is 10. The number of carbonyl (C=O) groups is 1. The number of hydrogen-bond donors (Lipinski definition) is 1. The fraction of sp³-hybridized carbons (Fsp3) is 0.308. The van der Waals surface area contributed by atoms with Gasteiger partial charge in [-0.3, -0.25) is 10.2 Å². The van der Waals surface area contributed by atoms with E-state index < -0.39 is 5.92 Å². The lowest BCUT2D eigenvalue weighted by atomic mass is 10.0. The van der Waals surface area contributed by atoms with Crippen LogP contribution in [0, 0.1) is 5.41 Å². The summed E-state index contributed by atoms with van der Waals surface area (Å²) in [6, 6.07) is 11.0. The lowest BCUT2D eigenvalue weighted by Gasteiger charge is -2.15. The number of aromatic nitrogens is 2. The molecule has 1 aromatic heterocycles. The number of carbonyl (C=O) groups excluding carboxylic acids is 1. The number of nitrogens with zero attached hydrogens (tertiary/aromatic N) is 2. The van der Waals surface area contributed by atoms with E-state index in [0.29, 0.717) is 39.5 Å². The third-order valence-electron chi connectivity index (χ3n) is 5.46. The van der Waals surface area contributed by atoms with Crippen molar-refractivity contribution in [3.63, 3.8) is 0 Å². The molecule has 0 saturated carbocycles. The maximum atomic E-state index is 13.1. The topological polar surface area (TPSA) is 104 Å². The Morgan fingerprint density at radius 3 is 2.50 bits per heavy atom. The van der Waals surface area contributed by atoms with Gasteiger partial charge in [0.15, 0.2) is 17.3 Å². The highest BCUT2D eigenvalue weighted by molar-refractivity contribution is 8.19. The number of allylic oxidation sites excluding steroid dienone is 1. The number of benzene rings is 2. The van der Waals surface area contributed by atoms with Crippen LogP contribution in [0.4, 0.5) is 0 Å². The van der Waals surface area contributed by atoms with E-state index in [-0.39, 0.29) is 17.4 Å². The van der Waals surface area contributed by atoms with E-state index in [1.54, 1.807) is 20.3 Å². The van der Waals surface area contributed by atoms with Crippen LogP contribution in [0.25, 0.3) is 6.08 Å². The standard InChI is InChI=1S/C26H27N3O5S2/c1-5-22-28-29-26(36-22)23-24(30)21(35-25(23)27)12-15-7-9-19(20(11-15)33-6-2)34-14-16-13-17(31-3)8-10-18(16)32-4/h7-13,23,27H,5-6,14H2,1-4H3/b21-12-,27-25?/t23-/m0/s1. The van der Waals surface area contributed by atoms with E-state index in [0.717, 1.165) is 34.3 Å². The molecule has 3 aromatic rings. The van der Waals surface area contributed by atoms with Crippen LogP contribution >= 0.6 is 23.1 Å². The molecule has 0 radical (unpaired) electrons. The van der Waals surface area contributed by atoms with Crippen LogP contribution in [0.15, 0.2) is 41.3 Å². The molecule has 1 atom stereocenters. The summed E-state index contributed by atoms with van der Waals surface area (Å²) in [5.41, 5.74) is 1.62. The number of ether oxygens (including phenoxy) is 4. The van der Waals surface area contributed by atoms with Crippen molar-refractivity contribution in [3.05, 3.63) is 62.4 Å². The van der Waals surface area contributed by atoms with Gasteiger partial charge in [-0.15, -0.1) is 21.5 Å². The molecular formula is C26H27N3O5S2. The van der Waals surface area contributed by atoms with Gasteiger partial charge in [0.05, 0.1) is 30.8 Å². The van der Waals surface area contributed by atoms with Gasteiger partial charge in [0, 0.05) is 5.56 Å². The SMILES string of the molecule is CCOc1cc(/C=C2\SC(=N)[C@@H](c3nnc(CC)s3)C2=O)ccc1OCc1cc(OC)ccc1OC. The van der Waals surface area contributed by atoms with Crippen LogP contribution < -0.4 is 18.9 Å². The highest BCUT2D eigenvalue weighted by Gasteiger charge is 2.39. The quantitative estimate of drug-likeness (QED) is 0.346. The Bertz CT molecular complexity index is 1300. The largest absolute Gasteiger partial charge is 0.497 e. The molecule has 0 spiro atoms. The molecule has 4 rings (SSSR count). The fourth-order valence-corrected chi connectivity index (χ4v) is 5.60. The summed E-state index contributed by atoms with van der Waals surface area (Å²) in [7, 11) is 3.22. The lowest BCUT2D eigenvalue weighted by molar-refractivity contribution is -0.114. The summed E-state index contributed by atoms with van der Waals surface area (Å²) in [4.78, 5) is 13.6. The third kappa shape index (κ3) is 5.55. The van der Waals surface area contributed by atoms with Crippen molar-refractivity contribution in [2.75, 3.05) is 20.8 Å². The number of aryl methyl sites for hydroxylation is 1. The predicted octanol–water partition coefficient (Wildman–Crippen LogP) is 5.51. The van der Waals surface area contributed by atoms with Gasteiger partial charge < -0.3 is 18.9 Å². The van der Waals surface area contributed by atoms with E-state index in [1.165, 1.54) is 11.3 Å². The van der Waals surface area contributed by atoms with Crippen LogP contribution in [-0.2, 0) is 17.8 Å². The number of ketones is 1. The summed E-state index contributed by atoms with van der Waals surface area (Å²) < 4.78 is 22.6. The Morgan fingerprint density at radius 1 is 1.00 bits per heavy atom. The van der Waals surface area contributed by atoms with Gasteiger partial charge in [0.1, 0.15) is 34.0 Å². The predicted molar refractivity (Wildman–Crippen MR) is 142 cm³/mol. The fourth-order valence-electron chi connectivity index (χ4n) is 3.64. The van der Waals surface area contributed by atoms with E-state index in [1.807, 2.05) is 50.2 Å². The molecule has 0 aliphatic carbocycles. The van der Waals surface area contributed by atoms with Gasteiger partial charge in [-0.25, -0.2) is 0 Å². The zero-order valence-electron chi connectivity index (χ0n) is 20.5. The van der Waals surface area contributed by atoms with Crippen LogP contribution in [0.1, 0.15) is 40.9 Å². The first-order valence-corrected chi connectivity index (χ1v) is 13.1. The first kappa shape index (κ1) is 25.7. The second kappa shape index (κ2) is 11.6. The van der Waals surface area contributed by atoms with Crippen LogP contribution in [-0.4, -0.2) is 41.9 Å². The Labute approximate surface area is 218 Å². The molecule has 1 fully saturated rings. The Kier molecular flexibility index (Phi) is 8.27. The van der Waals surface area contributed by atoms with Gasteiger partial charge in [-0.2, -0.15) is 0 Å². The maximum Gasteiger partial charge on any atom is 0.186 e. The van der Waals surface area contributed by atoms with Gasteiger partial charge in [0.25, 0.3) is 0 Å². The molecule has 1 aliphatic rings. The van der Waals surface area contributed by atoms with Crippen molar-refractivity contribution in [1.82, 2.24) is 10.2 Å². The normalized spacial score (nSPS) is 16.4. The van der Waals surface area contributed by atoms with Crippen LogP contribution in [0.5, 0.6) is 23.0 Å². The maximum absolute atomic E-state index is 13.1. The first-order chi connectivity index (χ1) is 17.5. The minimum atomic E-state index is -0.675. The first-order valence-electron chi connectivity index (χ1n) is 11.4. The molecule has 0 amide bonds. The number of rotatable bonds is 10. The monoisotopic (exact) mass is 525 g/mol. The molecule has 2 heterocycles. The van der Waals surface area contributed by atoms with Gasteiger partial charge in [-0.1, -0.05) is 24.8 Å². The minimum Gasteiger partial charge on any atom is -0.497 e. The summed E-state index contributed by atoms with van der Waals surface area (Å²) in [5, 5.41) is 18.3. The van der Waals surface area contributed by atoms with Gasteiger partial charge in [-0.05, 0) is 55.3 Å². The van der Waals surface area contributed by atoms with Crippen LogP contribution in [0.3, 0.4) is 0 Å². The summed E-state index contributed by atoms with van der Waals surface area (Å²) in [6.45, 7) is 4.60. The average Bonchev–Trinajstić information content (AvgIpc) is 3.46. The Hall–Kier alpha value is -3.37. The van der Waals surface area contributed by atoms with E-state index >= 15 is 0 Å². The smallest absolute Gasteiger partial charge is 0.186 e. The number of methoxy groups -OCH3 is 2. The number of nitrogens with one attached hydrogen (secondary N) is 1. The molecule has 1 saturated heterocycles. The molecule has 10 heteroatoms. The molecule has 1 aliphatic heterocycles. The number of Topliss-reactive ketones (excluding diaryl/α,β-unsaturated/α-hetero) is 1. The molecule has 1 N–H and O–H groups in total. The second-order valence-corrected chi connectivity index (χ2v) is 9.94. The van der Waals surface area contributed by atoms with Crippen molar-refractivity contribution in [2.45, 2.75) is 32.8 Å². The van der Waals surface area contributed by atoms with Crippen molar-refractivity contribution in [2.24, 2.45) is 0 Å². The summed E-state index contributed by atoms with van der Waals surface area (Å²) in [5.74, 6) is 1.74. The van der Waals surface area contributed by atoms with Crippen molar-refractivity contribution >= 4 is 40.0 Å². The van der Waals surface area contributed by atoms with E-state index in [2.05, 4.69) is 10.2 Å². The van der Waals surface area contributed by atoms with Crippen molar-refractivity contribution < 1.29 is 23.7 Å².